The van der Waals surface area contributed by atoms with Crippen molar-refractivity contribution in [1.29, 1.82) is 0 Å². The molecule has 0 aromatic heterocycles. The highest BCUT2D eigenvalue weighted by Gasteiger charge is 2.18. The average Bonchev–Trinajstić information content (AvgIpc) is 2.63. The van der Waals surface area contributed by atoms with E-state index >= 15 is 0 Å². The molecule has 0 bridgehead atoms. The van der Waals surface area contributed by atoms with Gasteiger partial charge in [-0.3, -0.25) is 0 Å². The maximum atomic E-state index is 12.4. The number of ether oxygens (including phenoxy) is 2. The molecule has 0 saturated heterocycles. The van der Waals surface area contributed by atoms with E-state index in [1.54, 1.807) is 18.2 Å². The normalized spacial score (nSPS) is 11.5. The Morgan fingerprint density at radius 3 is 2.54 bits per heavy atom. The average molecular weight is 376 g/mol. The van der Waals surface area contributed by atoms with Crippen LogP contribution in [0.15, 0.2) is 52.5 Å². The Balaban J connectivity index is 2.04. The molecule has 0 aliphatic rings. The van der Waals surface area contributed by atoms with Crippen LogP contribution in [0.4, 0.5) is 0 Å². The third-order valence-corrected chi connectivity index (χ3v) is 4.89. The molecular formula is C19H24N2O4S. The maximum Gasteiger partial charge on any atom is 0.280 e. The van der Waals surface area contributed by atoms with Crippen molar-refractivity contribution in [3.05, 3.63) is 53.6 Å². The van der Waals surface area contributed by atoms with Crippen LogP contribution in [0.1, 0.15) is 30.9 Å². The smallest absolute Gasteiger partial charge is 0.280 e. The zero-order valence-electron chi connectivity index (χ0n) is 15.2. The fourth-order valence-corrected chi connectivity index (χ4v) is 3.24. The monoisotopic (exact) mass is 376 g/mol. The Morgan fingerprint density at radius 2 is 1.88 bits per heavy atom. The summed E-state index contributed by atoms with van der Waals surface area (Å²) in [6.07, 6.45) is 3.53. The molecule has 0 aliphatic heterocycles. The Morgan fingerprint density at radius 1 is 1.15 bits per heavy atom. The number of hydrogen-bond acceptors (Lipinski definition) is 5. The van der Waals surface area contributed by atoms with E-state index in [4.69, 9.17) is 9.47 Å². The number of aryl methyl sites for hydroxylation is 1. The molecular weight excluding hydrogens is 352 g/mol. The van der Waals surface area contributed by atoms with Crippen molar-refractivity contribution in [2.24, 2.45) is 5.10 Å². The summed E-state index contributed by atoms with van der Waals surface area (Å²) in [5.74, 6) is 1.05. The van der Waals surface area contributed by atoms with E-state index in [1.165, 1.54) is 13.3 Å². The highest BCUT2D eigenvalue weighted by molar-refractivity contribution is 7.89. The van der Waals surface area contributed by atoms with Gasteiger partial charge in [0.1, 0.15) is 16.4 Å². The molecule has 2 aromatic carbocycles. The molecule has 0 radical (unpaired) electrons. The summed E-state index contributed by atoms with van der Waals surface area (Å²) >= 11 is 0. The van der Waals surface area contributed by atoms with Crippen molar-refractivity contribution >= 4 is 16.2 Å². The van der Waals surface area contributed by atoms with Crippen molar-refractivity contribution in [3.63, 3.8) is 0 Å². The summed E-state index contributed by atoms with van der Waals surface area (Å²) in [5.41, 5.74) is 1.57. The first kappa shape index (κ1) is 19.8. The number of unbranched alkanes of at least 4 members (excludes halogenated alkanes) is 1. The predicted molar refractivity (Wildman–Crippen MR) is 102 cm³/mol. The lowest BCUT2D eigenvalue weighted by Crippen LogP contribution is -2.19. The third-order valence-electron chi connectivity index (χ3n) is 3.64. The molecule has 26 heavy (non-hydrogen) atoms. The molecule has 6 nitrogen and oxygen atoms in total. The first-order valence-electron chi connectivity index (χ1n) is 8.38. The van der Waals surface area contributed by atoms with Gasteiger partial charge in [-0.25, -0.2) is 0 Å². The quantitative estimate of drug-likeness (QED) is 0.413. The Bertz CT molecular complexity index is 846. The topological polar surface area (TPSA) is 77.0 Å². The molecule has 0 saturated carbocycles. The second-order valence-electron chi connectivity index (χ2n) is 5.78. The lowest BCUT2D eigenvalue weighted by molar-refractivity contribution is 0.309. The van der Waals surface area contributed by atoms with Crippen molar-refractivity contribution in [2.75, 3.05) is 13.7 Å². The van der Waals surface area contributed by atoms with Gasteiger partial charge in [0.25, 0.3) is 10.0 Å². The first-order valence-corrected chi connectivity index (χ1v) is 9.87. The zero-order chi connectivity index (χ0) is 19.0. The highest BCUT2D eigenvalue weighted by Crippen LogP contribution is 2.24. The van der Waals surface area contributed by atoms with Crippen molar-refractivity contribution in [2.45, 2.75) is 31.6 Å². The number of nitrogens with one attached hydrogen (secondary N) is 1. The van der Waals surface area contributed by atoms with E-state index in [9.17, 15) is 8.42 Å². The molecule has 0 fully saturated rings. The second kappa shape index (κ2) is 9.24. The Labute approximate surface area is 154 Å². The fraction of sp³-hybridized carbons (Fsp3) is 0.316. The molecule has 2 rings (SSSR count). The zero-order valence-corrected chi connectivity index (χ0v) is 16.0. The summed E-state index contributed by atoms with van der Waals surface area (Å²) in [7, 11) is -2.39. The Hall–Kier alpha value is -2.54. The first-order chi connectivity index (χ1) is 12.5. The maximum absolute atomic E-state index is 12.4. The van der Waals surface area contributed by atoms with Crippen LogP contribution in [0, 0.1) is 6.92 Å². The standard InChI is InChI=1S/C19H24N2O4S/c1-4-5-12-25-17-9-7-16(8-10-17)14-20-21-26(22,23)19-13-15(2)6-11-18(19)24-3/h6-11,13-14,21H,4-5,12H2,1-3H3/b20-14+. The summed E-state index contributed by atoms with van der Waals surface area (Å²) in [6.45, 7) is 4.60. The predicted octanol–water partition coefficient (Wildman–Crippen LogP) is 3.49. The molecule has 0 aliphatic carbocycles. The van der Waals surface area contributed by atoms with Gasteiger partial charge in [0.15, 0.2) is 0 Å². The van der Waals surface area contributed by atoms with Gasteiger partial charge in [0, 0.05) is 0 Å². The number of sulfonamides is 1. The number of nitrogens with zero attached hydrogens (tertiary/aromatic N) is 1. The van der Waals surface area contributed by atoms with Crippen molar-refractivity contribution in [3.8, 4) is 11.5 Å². The van der Waals surface area contributed by atoms with Crippen LogP contribution >= 0.6 is 0 Å². The van der Waals surface area contributed by atoms with Gasteiger partial charge in [-0.15, -0.1) is 0 Å². The minimum Gasteiger partial charge on any atom is -0.495 e. The number of hydrogen-bond donors (Lipinski definition) is 1. The van der Waals surface area contributed by atoms with E-state index in [2.05, 4.69) is 16.9 Å². The van der Waals surface area contributed by atoms with E-state index in [-0.39, 0.29) is 10.6 Å². The van der Waals surface area contributed by atoms with Gasteiger partial charge >= 0.3 is 0 Å². The van der Waals surface area contributed by atoms with Gasteiger partial charge < -0.3 is 9.47 Å². The van der Waals surface area contributed by atoms with Gasteiger partial charge in [0.05, 0.1) is 19.9 Å². The van der Waals surface area contributed by atoms with Gasteiger partial charge in [-0.05, 0) is 60.9 Å². The summed E-state index contributed by atoms with van der Waals surface area (Å²) in [6, 6.07) is 12.2. The third kappa shape index (κ3) is 5.49. The van der Waals surface area contributed by atoms with Crippen molar-refractivity contribution in [1.82, 2.24) is 4.83 Å². The largest absolute Gasteiger partial charge is 0.495 e. The van der Waals surface area contributed by atoms with E-state index < -0.39 is 10.0 Å². The SMILES string of the molecule is CCCCOc1ccc(/C=N/NS(=O)(=O)c2cc(C)ccc2OC)cc1. The summed E-state index contributed by atoms with van der Waals surface area (Å²) in [5, 5.41) is 3.84. The Kier molecular flexibility index (Phi) is 7.03. The van der Waals surface area contributed by atoms with Crippen LogP contribution in [-0.2, 0) is 10.0 Å². The van der Waals surface area contributed by atoms with E-state index in [1.807, 2.05) is 31.2 Å². The van der Waals surface area contributed by atoms with Crippen LogP contribution < -0.4 is 14.3 Å². The highest BCUT2D eigenvalue weighted by atomic mass is 32.2. The van der Waals surface area contributed by atoms with Gasteiger partial charge in [-0.1, -0.05) is 19.4 Å². The number of rotatable bonds is 9. The van der Waals surface area contributed by atoms with E-state index in [0.29, 0.717) is 6.61 Å². The molecule has 140 valence electrons. The minimum absolute atomic E-state index is 0.0526. The molecule has 0 unspecified atom stereocenters. The number of hydrazone groups is 1. The van der Waals surface area contributed by atoms with Crippen LogP contribution in [0.5, 0.6) is 11.5 Å². The minimum atomic E-state index is -3.82. The lowest BCUT2D eigenvalue weighted by atomic mass is 10.2. The van der Waals surface area contributed by atoms with Crippen LogP contribution in [0.3, 0.4) is 0 Å². The molecule has 0 spiro atoms. The molecule has 0 amide bonds. The molecule has 2 aromatic rings. The molecule has 7 heteroatoms. The number of benzene rings is 2. The molecule has 0 heterocycles. The van der Waals surface area contributed by atoms with Gasteiger partial charge in [-0.2, -0.15) is 18.4 Å². The summed E-state index contributed by atoms with van der Waals surface area (Å²) in [4.78, 5) is 2.27. The van der Waals surface area contributed by atoms with Crippen molar-refractivity contribution < 1.29 is 17.9 Å². The second-order valence-corrected chi connectivity index (χ2v) is 7.41. The molecule has 1 N–H and O–H groups in total. The van der Waals surface area contributed by atoms with Crippen LogP contribution in [0.25, 0.3) is 0 Å². The number of methoxy groups -OCH3 is 1. The lowest BCUT2D eigenvalue weighted by Gasteiger charge is -2.09. The van der Waals surface area contributed by atoms with Gasteiger partial charge in [0.2, 0.25) is 0 Å². The fourth-order valence-electron chi connectivity index (χ4n) is 2.20. The molecule has 0 atom stereocenters. The van der Waals surface area contributed by atoms with Crippen LogP contribution in [-0.4, -0.2) is 28.3 Å². The van der Waals surface area contributed by atoms with E-state index in [0.717, 1.165) is 29.7 Å². The van der Waals surface area contributed by atoms with Crippen LogP contribution in [0.2, 0.25) is 0 Å². The summed E-state index contributed by atoms with van der Waals surface area (Å²) < 4.78 is 35.6.